The normalized spacial score (nSPS) is 13.1. The van der Waals surface area contributed by atoms with Crippen LogP contribution in [0.2, 0.25) is 0 Å². The van der Waals surface area contributed by atoms with Crippen molar-refractivity contribution in [1.29, 1.82) is 0 Å². The summed E-state index contributed by atoms with van der Waals surface area (Å²) in [4.78, 5) is 4.31. The van der Waals surface area contributed by atoms with Crippen LogP contribution in [0.4, 0.5) is 5.69 Å². The van der Waals surface area contributed by atoms with Crippen LogP contribution in [-0.4, -0.2) is 12.0 Å². The molecule has 1 atom stereocenters. The van der Waals surface area contributed by atoms with Crippen molar-refractivity contribution in [2.75, 3.05) is 5.32 Å². The lowest BCUT2D eigenvalue weighted by atomic mass is 9.88. The number of anilines is 1. The fourth-order valence-electron chi connectivity index (χ4n) is 1.32. The van der Waals surface area contributed by atoms with E-state index in [9.17, 15) is 0 Å². The van der Waals surface area contributed by atoms with Crippen LogP contribution in [0, 0.1) is 17.8 Å². The minimum absolute atomic E-state index is 0. The van der Waals surface area contributed by atoms with Gasteiger partial charge in [-0.15, -0.1) is 30.4 Å². The summed E-state index contributed by atoms with van der Waals surface area (Å²) in [6.45, 7) is 6.12. The number of nitrogens with two attached hydrogens (primary N) is 1. The number of para-hydroxylation sites is 1. The van der Waals surface area contributed by atoms with E-state index in [1.165, 1.54) is 0 Å². The maximum atomic E-state index is 5.82. The number of nitrogens with zero attached hydrogens (tertiary/aromatic N) is 1. The zero-order chi connectivity index (χ0) is 12.9. The molecule has 4 heteroatoms. The molecule has 3 nitrogen and oxygen atoms in total. The Balaban J connectivity index is 0.00000289. The highest BCUT2D eigenvalue weighted by molar-refractivity contribution is 14.0. The number of nitrogens with one attached hydrogen (secondary N) is 1. The largest absolute Gasteiger partial charge is 0.370 e. The van der Waals surface area contributed by atoms with Crippen LogP contribution in [0.3, 0.4) is 0 Å². The van der Waals surface area contributed by atoms with Crippen LogP contribution in [0.1, 0.15) is 20.8 Å². The molecule has 98 valence electrons. The third kappa shape index (κ3) is 5.41. The Hall–Kier alpha value is -1.22. The highest BCUT2D eigenvalue weighted by atomic mass is 127. The number of rotatable bonds is 2. The molecule has 0 aliphatic rings. The average molecular weight is 357 g/mol. The number of hydrogen-bond donors (Lipinski definition) is 2. The molecule has 0 aromatic heterocycles. The summed E-state index contributed by atoms with van der Waals surface area (Å²) in [5.41, 5.74) is 6.62. The zero-order valence-corrected chi connectivity index (χ0v) is 13.3. The fraction of sp³-hybridized carbons (Fsp3) is 0.357. The van der Waals surface area contributed by atoms with Gasteiger partial charge in [-0.1, -0.05) is 44.9 Å². The maximum absolute atomic E-state index is 5.82. The van der Waals surface area contributed by atoms with Crippen molar-refractivity contribution in [3.8, 4) is 12.3 Å². The lowest BCUT2D eigenvalue weighted by Gasteiger charge is -2.23. The zero-order valence-electron chi connectivity index (χ0n) is 11.0. The maximum Gasteiger partial charge on any atom is 0.194 e. The first kappa shape index (κ1) is 16.8. The molecule has 18 heavy (non-hydrogen) atoms. The summed E-state index contributed by atoms with van der Waals surface area (Å²) in [5, 5.41) is 3.01. The summed E-state index contributed by atoms with van der Waals surface area (Å²) in [6, 6.07) is 9.40. The molecule has 1 rings (SSSR count). The van der Waals surface area contributed by atoms with Gasteiger partial charge in [0.25, 0.3) is 0 Å². The van der Waals surface area contributed by atoms with Gasteiger partial charge in [0.2, 0.25) is 0 Å². The van der Waals surface area contributed by atoms with Gasteiger partial charge < -0.3 is 11.1 Å². The van der Waals surface area contributed by atoms with E-state index in [4.69, 9.17) is 12.2 Å². The molecule has 0 spiro atoms. The fourth-order valence-corrected chi connectivity index (χ4v) is 1.32. The van der Waals surface area contributed by atoms with Crippen molar-refractivity contribution >= 4 is 35.6 Å². The summed E-state index contributed by atoms with van der Waals surface area (Å²) in [5.74, 6) is 2.99. The molecule has 0 saturated carbocycles. The Morgan fingerprint density at radius 3 is 2.33 bits per heavy atom. The van der Waals surface area contributed by atoms with Crippen LogP contribution in [0.15, 0.2) is 35.3 Å². The van der Waals surface area contributed by atoms with Gasteiger partial charge in [0.1, 0.15) is 6.04 Å². The van der Waals surface area contributed by atoms with E-state index < -0.39 is 0 Å². The molecule has 0 saturated heterocycles. The van der Waals surface area contributed by atoms with Gasteiger partial charge in [0.15, 0.2) is 5.96 Å². The van der Waals surface area contributed by atoms with Crippen molar-refractivity contribution in [1.82, 2.24) is 0 Å². The molecule has 0 heterocycles. The first-order valence-corrected chi connectivity index (χ1v) is 5.55. The second kappa shape index (κ2) is 7.27. The van der Waals surface area contributed by atoms with Crippen LogP contribution < -0.4 is 11.1 Å². The topological polar surface area (TPSA) is 50.4 Å². The molecule has 3 N–H and O–H groups in total. The van der Waals surface area contributed by atoms with Crippen molar-refractivity contribution in [3.63, 3.8) is 0 Å². The van der Waals surface area contributed by atoms with E-state index >= 15 is 0 Å². The van der Waals surface area contributed by atoms with Crippen molar-refractivity contribution < 1.29 is 0 Å². The molecule has 1 aromatic carbocycles. The van der Waals surface area contributed by atoms with E-state index in [1.807, 2.05) is 51.1 Å². The monoisotopic (exact) mass is 357 g/mol. The molecular weight excluding hydrogens is 337 g/mol. The minimum atomic E-state index is -0.237. The van der Waals surface area contributed by atoms with Crippen molar-refractivity contribution in [3.05, 3.63) is 30.3 Å². The molecule has 0 amide bonds. The van der Waals surface area contributed by atoms with Gasteiger partial charge in [-0.25, -0.2) is 4.99 Å². The first-order chi connectivity index (χ1) is 7.93. The second-order valence-corrected chi connectivity index (χ2v) is 4.94. The van der Waals surface area contributed by atoms with Crippen molar-refractivity contribution in [2.45, 2.75) is 26.8 Å². The van der Waals surface area contributed by atoms with E-state index in [0.717, 1.165) is 5.69 Å². The van der Waals surface area contributed by atoms with E-state index in [2.05, 4.69) is 16.2 Å². The summed E-state index contributed by atoms with van der Waals surface area (Å²) in [7, 11) is 0. The van der Waals surface area contributed by atoms with Crippen LogP contribution in [0.5, 0.6) is 0 Å². The van der Waals surface area contributed by atoms with E-state index in [1.54, 1.807) is 0 Å². The predicted molar refractivity (Wildman–Crippen MR) is 89.2 cm³/mol. The molecule has 1 aromatic rings. The lowest BCUT2D eigenvalue weighted by molar-refractivity contribution is 0.376. The number of benzene rings is 1. The molecule has 1 unspecified atom stereocenters. The van der Waals surface area contributed by atoms with Crippen molar-refractivity contribution in [2.24, 2.45) is 16.1 Å². The highest BCUT2D eigenvalue weighted by Crippen LogP contribution is 2.21. The minimum Gasteiger partial charge on any atom is -0.370 e. The molecule has 0 fully saturated rings. The van der Waals surface area contributed by atoms with Gasteiger partial charge in [0, 0.05) is 5.69 Å². The predicted octanol–water partition coefficient (Wildman–Crippen LogP) is 3.08. The average Bonchev–Trinajstić information content (AvgIpc) is 2.25. The smallest absolute Gasteiger partial charge is 0.194 e. The standard InChI is InChI=1S/C14H19N3.HI/c1-5-12(14(2,3)4)17-13(15)16-11-9-7-6-8-10-11;/h1,6-10,12H,2-4H3,(H3,15,16,17);1H. The third-order valence-electron chi connectivity index (χ3n) is 2.29. The quantitative estimate of drug-likeness (QED) is 0.370. The third-order valence-corrected chi connectivity index (χ3v) is 2.29. The number of terminal acetylenes is 1. The first-order valence-electron chi connectivity index (χ1n) is 5.55. The Bertz CT molecular complexity index is 427. The Labute approximate surface area is 126 Å². The molecule has 0 radical (unpaired) electrons. The van der Waals surface area contributed by atoms with Gasteiger partial charge in [-0.3, -0.25) is 0 Å². The van der Waals surface area contributed by atoms with Gasteiger partial charge in [-0.05, 0) is 17.5 Å². The van der Waals surface area contributed by atoms with Crippen LogP contribution >= 0.6 is 24.0 Å². The van der Waals surface area contributed by atoms with Crippen LogP contribution in [0.25, 0.3) is 0 Å². The SMILES string of the molecule is C#CC(N=C(N)Nc1ccccc1)C(C)(C)C.I. The Morgan fingerprint density at radius 2 is 1.89 bits per heavy atom. The van der Waals surface area contributed by atoms with Gasteiger partial charge in [-0.2, -0.15) is 0 Å². The number of halogens is 1. The molecule has 0 aliphatic heterocycles. The molecule has 0 bridgehead atoms. The lowest BCUT2D eigenvalue weighted by Crippen LogP contribution is -2.30. The number of hydrogen-bond acceptors (Lipinski definition) is 1. The van der Waals surface area contributed by atoms with E-state index in [-0.39, 0.29) is 35.4 Å². The van der Waals surface area contributed by atoms with Gasteiger partial charge in [0.05, 0.1) is 0 Å². The van der Waals surface area contributed by atoms with Crippen LogP contribution in [-0.2, 0) is 0 Å². The van der Waals surface area contributed by atoms with Gasteiger partial charge >= 0.3 is 0 Å². The summed E-state index contributed by atoms with van der Waals surface area (Å²) in [6.07, 6.45) is 5.46. The molecular formula is C14H20IN3. The number of guanidine groups is 1. The number of aliphatic imine (C=N–C) groups is 1. The Morgan fingerprint density at radius 1 is 1.33 bits per heavy atom. The van der Waals surface area contributed by atoms with E-state index in [0.29, 0.717) is 5.96 Å². The summed E-state index contributed by atoms with van der Waals surface area (Å²) < 4.78 is 0. The highest BCUT2D eigenvalue weighted by Gasteiger charge is 2.22. The Kier molecular flexibility index (Phi) is 6.77. The molecule has 0 aliphatic carbocycles. The second-order valence-electron chi connectivity index (χ2n) is 4.94. The summed E-state index contributed by atoms with van der Waals surface area (Å²) >= 11 is 0.